The minimum absolute atomic E-state index is 0.273. The van der Waals surface area contributed by atoms with Gasteiger partial charge >= 0.3 is 5.97 Å². The lowest BCUT2D eigenvalue weighted by molar-refractivity contribution is -0.138. The number of thiophene rings is 1. The van der Waals surface area contributed by atoms with Gasteiger partial charge in [0.05, 0.1) is 27.0 Å². The van der Waals surface area contributed by atoms with Crippen LogP contribution in [0.25, 0.3) is 0 Å². The number of methoxy groups -OCH3 is 3. The third-order valence-electron chi connectivity index (χ3n) is 5.86. The zero-order valence-electron chi connectivity index (χ0n) is 18.8. The molecule has 8 nitrogen and oxygen atoms in total. The Bertz CT molecular complexity index is 1050. The molecule has 2 aliphatic rings. The molecule has 0 aliphatic carbocycles. The molecule has 0 saturated carbocycles. The molecule has 1 fully saturated rings. The molecule has 2 atom stereocenters. The fourth-order valence-corrected chi connectivity index (χ4v) is 6.21. The van der Waals surface area contributed by atoms with E-state index in [1.54, 1.807) is 31.6 Å². The molecule has 0 spiro atoms. The van der Waals surface area contributed by atoms with Crippen LogP contribution in [-0.4, -0.2) is 61.4 Å². The van der Waals surface area contributed by atoms with Gasteiger partial charge < -0.3 is 14.2 Å². The average Bonchev–Trinajstić information content (AvgIpc) is 3.51. The topological polar surface area (TPSA) is 89.5 Å². The molecule has 4 rings (SSSR count). The monoisotopic (exact) mass is 489 g/mol. The van der Waals surface area contributed by atoms with E-state index in [-0.39, 0.29) is 11.9 Å². The van der Waals surface area contributed by atoms with E-state index in [4.69, 9.17) is 14.2 Å². The van der Waals surface area contributed by atoms with E-state index in [0.29, 0.717) is 30.2 Å². The number of fused-ring (bicyclic) bond motifs is 1. The van der Waals surface area contributed by atoms with Crippen molar-refractivity contribution in [3.8, 4) is 11.5 Å². The molecule has 176 valence electrons. The number of carbonyl (C=O) groups is 2. The molecule has 0 radical (unpaired) electrons. The summed E-state index contributed by atoms with van der Waals surface area (Å²) < 4.78 is 15.8. The third-order valence-corrected chi connectivity index (χ3v) is 8.12. The molecule has 0 bridgehead atoms. The number of rotatable bonds is 7. The molecule has 2 aliphatic heterocycles. The number of benzene rings is 1. The lowest BCUT2D eigenvalue weighted by Gasteiger charge is -2.34. The van der Waals surface area contributed by atoms with E-state index in [1.807, 2.05) is 12.1 Å². The number of nitrogens with one attached hydrogen (secondary N) is 1. The predicted octanol–water partition coefficient (Wildman–Crippen LogP) is 3.02. The normalized spacial score (nSPS) is 20.2. The number of carbonyl (C=O) groups excluding carboxylic acids is 2. The van der Waals surface area contributed by atoms with Gasteiger partial charge in [-0.1, -0.05) is 0 Å². The molecule has 1 aromatic carbocycles. The Hall–Kier alpha value is -2.56. The zero-order chi connectivity index (χ0) is 23.4. The summed E-state index contributed by atoms with van der Waals surface area (Å²) >= 11 is 3.22. The molecule has 10 heteroatoms. The SMILES string of the molecule is COC(=O)C1SCC/C1=N\NC(=O)C(c1ccc(OC)cc1OC)N1CCc2sccc2C1. The van der Waals surface area contributed by atoms with Crippen LogP contribution in [0.4, 0.5) is 0 Å². The lowest BCUT2D eigenvalue weighted by atomic mass is 9.99. The number of amides is 1. The first-order valence-corrected chi connectivity index (χ1v) is 12.6. The lowest BCUT2D eigenvalue weighted by Crippen LogP contribution is -2.42. The van der Waals surface area contributed by atoms with Crippen LogP contribution in [0.15, 0.2) is 34.7 Å². The Morgan fingerprint density at radius 1 is 1.18 bits per heavy atom. The van der Waals surface area contributed by atoms with Crippen LogP contribution in [0, 0.1) is 0 Å². The molecule has 2 aromatic rings. The minimum Gasteiger partial charge on any atom is -0.497 e. The molecule has 1 aromatic heterocycles. The number of ether oxygens (including phenoxy) is 3. The van der Waals surface area contributed by atoms with Crippen molar-refractivity contribution in [3.63, 3.8) is 0 Å². The van der Waals surface area contributed by atoms with Crippen molar-refractivity contribution in [2.45, 2.75) is 30.7 Å². The fourth-order valence-electron chi connectivity index (χ4n) is 4.16. The van der Waals surface area contributed by atoms with Gasteiger partial charge in [-0.3, -0.25) is 14.5 Å². The molecule has 2 unspecified atom stereocenters. The van der Waals surface area contributed by atoms with Crippen LogP contribution in [0.1, 0.15) is 28.5 Å². The Morgan fingerprint density at radius 2 is 2.03 bits per heavy atom. The molecule has 1 N–H and O–H groups in total. The van der Waals surface area contributed by atoms with Gasteiger partial charge in [0.2, 0.25) is 0 Å². The van der Waals surface area contributed by atoms with E-state index in [2.05, 4.69) is 26.9 Å². The van der Waals surface area contributed by atoms with Crippen molar-refractivity contribution in [3.05, 3.63) is 45.6 Å². The van der Waals surface area contributed by atoms with Crippen molar-refractivity contribution in [2.75, 3.05) is 33.6 Å². The summed E-state index contributed by atoms with van der Waals surface area (Å²) in [6, 6.07) is 6.96. The summed E-state index contributed by atoms with van der Waals surface area (Å²) in [6.07, 6.45) is 1.51. The van der Waals surface area contributed by atoms with Crippen LogP contribution >= 0.6 is 23.1 Å². The van der Waals surface area contributed by atoms with E-state index < -0.39 is 11.3 Å². The largest absolute Gasteiger partial charge is 0.497 e. The maximum absolute atomic E-state index is 13.6. The van der Waals surface area contributed by atoms with E-state index in [9.17, 15) is 9.59 Å². The number of nitrogens with zero attached hydrogens (tertiary/aromatic N) is 2. The smallest absolute Gasteiger partial charge is 0.324 e. The number of hydrogen-bond donors (Lipinski definition) is 1. The van der Waals surface area contributed by atoms with Crippen LogP contribution < -0.4 is 14.9 Å². The van der Waals surface area contributed by atoms with Gasteiger partial charge in [0.1, 0.15) is 22.8 Å². The van der Waals surface area contributed by atoms with Crippen molar-refractivity contribution in [2.24, 2.45) is 5.10 Å². The van der Waals surface area contributed by atoms with Crippen LogP contribution in [0.2, 0.25) is 0 Å². The van der Waals surface area contributed by atoms with Gasteiger partial charge in [0.25, 0.3) is 5.91 Å². The van der Waals surface area contributed by atoms with Crippen LogP contribution in [0.5, 0.6) is 11.5 Å². The first kappa shape index (κ1) is 23.6. The highest BCUT2D eigenvalue weighted by Crippen LogP contribution is 2.36. The molecule has 1 amide bonds. The highest BCUT2D eigenvalue weighted by Gasteiger charge is 2.35. The second-order valence-electron chi connectivity index (χ2n) is 7.70. The average molecular weight is 490 g/mol. The summed E-state index contributed by atoms with van der Waals surface area (Å²) in [5.74, 6) is 1.36. The summed E-state index contributed by atoms with van der Waals surface area (Å²) in [5, 5.41) is 5.96. The summed E-state index contributed by atoms with van der Waals surface area (Å²) in [4.78, 5) is 29.1. The second-order valence-corrected chi connectivity index (χ2v) is 9.92. The van der Waals surface area contributed by atoms with Gasteiger partial charge in [0, 0.05) is 29.6 Å². The van der Waals surface area contributed by atoms with Crippen molar-refractivity contribution in [1.82, 2.24) is 10.3 Å². The maximum atomic E-state index is 13.6. The Balaban J connectivity index is 1.64. The van der Waals surface area contributed by atoms with Gasteiger partial charge in [-0.2, -0.15) is 5.10 Å². The van der Waals surface area contributed by atoms with Gasteiger partial charge in [-0.25, -0.2) is 5.43 Å². The number of hydrazone groups is 1. The minimum atomic E-state index is -0.617. The predicted molar refractivity (Wildman–Crippen MR) is 129 cm³/mol. The van der Waals surface area contributed by atoms with E-state index in [0.717, 1.165) is 24.3 Å². The first-order chi connectivity index (χ1) is 16.0. The fraction of sp³-hybridized carbons (Fsp3) is 0.435. The van der Waals surface area contributed by atoms with E-state index in [1.165, 1.54) is 29.3 Å². The number of esters is 1. The first-order valence-electron chi connectivity index (χ1n) is 10.6. The van der Waals surface area contributed by atoms with Crippen molar-refractivity contribution in [1.29, 1.82) is 0 Å². The van der Waals surface area contributed by atoms with Gasteiger partial charge in [-0.05, 0) is 47.7 Å². The Morgan fingerprint density at radius 3 is 2.79 bits per heavy atom. The zero-order valence-corrected chi connectivity index (χ0v) is 20.5. The van der Waals surface area contributed by atoms with E-state index >= 15 is 0 Å². The Kier molecular flexibility index (Phi) is 7.56. The summed E-state index contributed by atoms with van der Waals surface area (Å²) in [7, 11) is 4.53. The molecule has 3 heterocycles. The van der Waals surface area contributed by atoms with Crippen molar-refractivity contribution >= 4 is 40.7 Å². The van der Waals surface area contributed by atoms with Crippen molar-refractivity contribution < 1.29 is 23.8 Å². The highest BCUT2D eigenvalue weighted by molar-refractivity contribution is 8.01. The van der Waals surface area contributed by atoms with Gasteiger partial charge in [-0.15, -0.1) is 23.1 Å². The number of hydrogen-bond acceptors (Lipinski definition) is 9. The summed E-state index contributed by atoms with van der Waals surface area (Å²) in [5.41, 5.74) is 5.33. The molecular formula is C23H27N3O5S2. The van der Waals surface area contributed by atoms with Crippen LogP contribution in [0.3, 0.4) is 0 Å². The van der Waals surface area contributed by atoms with Crippen LogP contribution in [-0.2, 0) is 27.3 Å². The highest BCUT2D eigenvalue weighted by atomic mass is 32.2. The quantitative estimate of drug-likeness (QED) is 0.472. The Labute approximate surface area is 201 Å². The number of thioether (sulfide) groups is 1. The third kappa shape index (κ3) is 5.02. The second kappa shape index (κ2) is 10.6. The maximum Gasteiger partial charge on any atom is 0.324 e. The summed E-state index contributed by atoms with van der Waals surface area (Å²) in [6.45, 7) is 1.39. The molecule has 1 saturated heterocycles. The molecular weight excluding hydrogens is 462 g/mol. The standard InChI is InChI=1S/C23H27N3O5S2/c1-29-15-4-5-16(18(12-15)30-2)20(26-9-6-19-14(13-26)7-10-32-19)22(27)25-24-17-8-11-33-21(17)23(28)31-3/h4-5,7,10,12,20-21H,6,8-9,11,13H2,1-3H3,(H,25,27)/b24-17+. The molecule has 33 heavy (non-hydrogen) atoms. The van der Waals surface area contributed by atoms with Gasteiger partial charge in [0.15, 0.2) is 0 Å².